The van der Waals surface area contributed by atoms with E-state index >= 15 is 0 Å². The second kappa shape index (κ2) is 3.73. The summed E-state index contributed by atoms with van der Waals surface area (Å²) in [6.07, 6.45) is 3.21. The van der Waals surface area contributed by atoms with E-state index in [1.54, 1.807) is 25.3 Å². The predicted octanol–water partition coefficient (Wildman–Crippen LogP) is 2.21. The van der Waals surface area contributed by atoms with Crippen molar-refractivity contribution in [3.8, 4) is 0 Å². The molecule has 2 N–H and O–H groups in total. The summed E-state index contributed by atoms with van der Waals surface area (Å²) in [6.45, 7) is 1.75. The molecule has 0 amide bonds. The highest BCUT2D eigenvalue weighted by Crippen LogP contribution is 2.19. The van der Waals surface area contributed by atoms with Crippen LogP contribution in [0.4, 0.5) is 5.69 Å². The third-order valence-electron chi connectivity index (χ3n) is 2.74. The van der Waals surface area contributed by atoms with E-state index in [0.717, 1.165) is 10.9 Å². The van der Waals surface area contributed by atoms with Crippen LogP contribution in [0, 0.1) is 6.92 Å². The molecule has 3 rings (SSSR count). The Hall–Kier alpha value is -2.56. The van der Waals surface area contributed by atoms with Crippen LogP contribution in [-0.4, -0.2) is 15.5 Å². The van der Waals surface area contributed by atoms with Crippen LogP contribution in [0.3, 0.4) is 0 Å². The lowest BCUT2D eigenvalue weighted by molar-refractivity contribution is 0.0929. The monoisotopic (exact) mass is 241 g/mol. The van der Waals surface area contributed by atoms with Crippen LogP contribution in [0.1, 0.15) is 16.4 Å². The van der Waals surface area contributed by atoms with E-state index in [-0.39, 0.29) is 11.8 Å². The normalized spacial score (nSPS) is 10.9. The van der Waals surface area contributed by atoms with Gasteiger partial charge in [0.1, 0.15) is 5.76 Å². The molecule has 2 heterocycles. The smallest absolute Gasteiger partial charge is 0.318 e. The highest BCUT2D eigenvalue weighted by atomic mass is 16.4. The maximum atomic E-state index is 12.2. The van der Waals surface area contributed by atoms with E-state index in [4.69, 9.17) is 10.2 Å². The molecule has 90 valence electrons. The van der Waals surface area contributed by atoms with Gasteiger partial charge in [-0.15, -0.1) is 0 Å². The van der Waals surface area contributed by atoms with Gasteiger partial charge in [0.05, 0.1) is 11.7 Å². The average Bonchev–Trinajstić information content (AvgIpc) is 2.94. The first-order valence-electron chi connectivity index (χ1n) is 5.49. The number of aryl methyl sites for hydroxylation is 1. The largest absolute Gasteiger partial charge is 0.438 e. The van der Waals surface area contributed by atoms with Crippen molar-refractivity contribution >= 4 is 22.5 Å². The van der Waals surface area contributed by atoms with Crippen LogP contribution in [0.5, 0.6) is 0 Å². The van der Waals surface area contributed by atoms with Crippen LogP contribution >= 0.6 is 0 Å². The van der Waals surface area contributed by atoms with Gasteiger partial charge in [0.2, 0.25) is 0 Å². The van der Waals surface area contributed by atoms with Gasteiger partial charge in [0.25, 0.3) is 5.89 Å². The summed E-state index contributed by atoms with van der Waals surface area (Å²) < 4.78 is 6.74. The fraction of sp³-hybridized carbons (Fsp3) is 0.0769. The van der Waals surface area contributed by atoms with E-state index in [0.29, 0.717) is 11.4 Å². The molecule has 0 aliphatic heterocycles. The molecule has 5 heteroatoms. The zero-order valence-corrected chi connectivity index (χ0v) is 9.75. The Morgan fingerprint density at radius 2 is 2.22 bits per heavy atom. The number of oxazole rings is 1. The zero-order valence-electron chi connectivity index (χ0n) is 9.75. The summed E-state index contributed by atoms with van der Waals surface area (Å²) in [5.74, 6) is 0.406. The maximum Gasteiger partial charge on any atom is 0.318 e. The number of rotatable bonds is 1. The summed E-state index contributed by atoms with van der Waals surface area (Å²) in [4.78, 5) is 16.1. The van der Waals surface area contributed by atoms with Crippen LogP contribution in [-0.2, 0) is 0 Å². The van der Waals surface area contributed by atoms with Gasteiger partial charge in [0, 0.05) is 17.3 Å². The number of carbonyl (C=O) groups excluding carboxylic acids is 1. The number of hydrogen-bond acceptors (Lipinski definition) is 4. The fourth-order valence-electron chi connectivity index (χ4n) is 1.89. The Labute approximate surface area is 103 Å². The Balaban J connectivity index is 2.12. The molecule has 0 saturated heterocycles. The standard InChI is InChI=1S/C13H11N3O2/c1-8-7-15-12(18-8)13(17)16-5-4-9-6-10(14)2-3-11(9)16/h2-7H,14H2,1H3. The quantitative estimate of drug-likeness (QED) is 0.663. The van der Waals surface area contributed by atoms with Gasteiger partial charge in [-0.2, -0.15) is 0 Å². The van der Waals surface area contributed by atoms with Crippen molar-refractivity contribution in [1.82, 2.24) is 9.55 Å². The lowest BCUT2D eigenvalue weighted by atomic mass is 10.2. The number of carbonyl (C=O) groups is 1. The van der Waals surface area contributed by atoms with Crippen molar-refractivity contribution in [2.75, 3.05) is 5.73 Å². The number of nitrogens with zero attached hydrogens (tertiary/aromatic N) is 2. The molecule has 2 aromatic heterocycles. The number of hydrogen-bond donors (Lipinski definition) is 1. The van der Waals surface area contributed by atoms with Gasteiger partial charge in [0.15, 0.2) is 0 Å². The summed E-state index contributed by atoms with van der Waals surface area (Å²) in [5.41, 5.74) is 7.15. The number of fused-ring (bicyclic) bond motifs is 1. The molecule has 0 unspecified atom stereocenters. The van der Waals surface area contributed by atoms with E-state index in [1.165, 1.54) is 10.8 Å². The molecule has 0 spiro atoms. The predicted molar refractivity (Wildman–Crippen MR) is 67.3 cm³/mol. The molecule has 0 saturated carbocycles. The molecule has 0 aliphatic carbocycles. The molecule has 5 nitrogen and oxygen atoms in total. The molecular weight excluding hydrogens is 230 g/mol. The zero-order chi connectivity index (χ0) is 12.7. The number of aromatic nitrogens is 2. The summed E-state index contributed by atoms with van der Waals surface area (Å²) in [5, 5.41) is 0.909. The third-order valence-corrected chi connectivity index (χ3v) is 2.74. The molecule has 0 atom stereocenters. The summed E-state index contributed by atoms with van der Waals surface area (Å²) in [7, 11) is 0. The lowest BCUT2D eigenvalue weighted by Gasteiger charge is -2.01. The minimum absolute atomic E-state index is 0.0850. The highest BCUT2D eigenvalue weighted by molar-refractivity contribution is 5.99. The maximum absolute atomic E-state index is 12.2. The minimum Gasteiger partial charge on any atom is -0.438 e. The van der Waals surface area contributed by atoms with E-state index in [9.17, 15) is 4.79 Å². The van der Waals surface area contributed by atoms with Crippen molar-refractivity contribution < 1.29 is 9.21 Å². The van der Waals surface area contributed by atoms with Gasteiger partial charge in [-0.05, 0) is 31.2 Å². The number of benzene rings is 1. The molecule has 3 aromatic rings. The highest BCUT2D eigenvalue weighted by Gasteiger charge is 2.16. The first-order valence-corrected chi connectivity index (χ1v) is 5.49. The van der Waals surface area contributed by atoms with E-state index in [1.807, 2.05) is 12.1 Å². The number of nitrogens with two attached hydrogens (primary N) is 1. The number of nitrogen functional groups attached to an aromatic ring is 1. The van der Waals surface area contributed by atoms with Crippen molar-refractivity contribution in [2.45, 2.75) is 6.92 Å². The SMILES string of the molecule is Cc1cnc(C(=O)n2ccc3cc(N)ccc32)o1. The van der Waals surface area contributed by atoms with Crippen molar-refractivity contribution in [3.05, 3.63) is 48.3 Å². The van der Waals surface area contributed by atoms with E-state index in [2.05, 4.69) is 4.98 Å². The fourth-order valence-corrected chi connectivity index (χ4v) is 1.89. The first-order chi connectivity index (χ1) is 8.65. The average molecular weight is 241 g/mol. The molecule has 1 aromatic carbocycles. The number of anilines is 1. The van der Waals surface area contributed by atoms with Gasteiger partial charge in [-0.1, -0.05) is 0 Å². The molecule has 0 fully saturated rings. The Morgan fingerprint density at radius 3 is 2.94 bits per heavy atom. The molecule has 0 bridgehead atoms. The Morgan fingerprint density at radius 1 is 1.39 bits per heavy atom. The summed E-state index contributed by atoms with van der Waals surface area (Å²) in [6, 6.07) is 7.21. The van der Waals surface area contributed by atoms with Crippen LogP contribution in [0.2, 0.25) is 0 Å². The lowest BCUT2D eigenvalue weighted by Crippen LogP contribution is -2.10. The van der Waals surface area contributed by atoms with Crippen molar-refractivity contribution in [3.63, 3.8) is 0 Å². The molecular formula is C13H11N3O2. The third kappa shape index (κ3) is 1.57. The van der Waals surface area contributed by atoms with E-state index < -0.39 is 0 Å². The minimum atomic E-state index is -0.289. The molecule has 0 aliphatic rings. The topological polar surface area (TPSA) is 74.0 Å². The van der Waals surface area contributed by atoms with Crippen LogP contribution in [0.25, 0.3) is 10.9 Å². The van der Waals surface area contributed by atoms with Gasteiger partial charge in [-0.25, -0.2) is 4.98 Å². The van der Waals surface area contributed by atoms with Crippen molar-refractivity contribution in [2.24, 2.45) is 0 Å². The summed E-state index contributed by atoms with van der Waals surface area (Å²) >= 11 is 0. The molecule has 18 heavy (non-hydrogen) atoms. The first kappa shape index (κ1) is 10.6. The Bertz CT molecular complexity index is 740. The second-order valence-electron chi connectivity index (χ2n) is 4.09. The van der Waals surface area contributed by atoms with Crippen molar-refractivity contribution in [1.29, 1.82) is 0 Å². The van der Waals surface area contributed by atoms with Crippen LogP contribution < -0.4 is 5.73 Å². The van der Waals surface area contributed by atoms with Gasteiger partial charge in [-0.3, -0.25) is 9.36 Å². The van der Waals surface area contributed by atoms with Crippen LogP contribution in [0.15, 0.2) is 41.1 Å². The molecule has 0 radical (unpaired) electrons. The van der Waals surface area contributed by atoms with Gasteiger partial charge >= 0.3 is 5.91 Å². The Kier molecular flexibility index (Phi) is 2.19. The van der Waals surface area contributed by atoms with Gasteiger partial charge < -0.3 is 10.2 Å². The second-order valence-corrected chi connectivity index (χ2v) is 4.09.